The molecule has 1 aromatic carbocycles. The van der Waals surface area contributed by atoms with Gasteiger partial charge < -0.3 is 0 Å². The molecule has 0 aliphatic carbocycles. The van der Waals surface area contributed by atoms with Crippen molar-refractivity contribution in [2.75, 3.05) is 0 Å². The van der Waals surface area contributed by atoms with Gasteiger partial charge in [-0.1, -0.05) is 12.1 Å². The molecule has 1 aromatic rings. The van der Waals surface area contributed by atoms with Crippen LogP contribution in [0.5, 0.6) is 0 Å². The lowest BCUT2D eigenvalue weighted by Crippen LogP contribution is -2.44. The van der Waals surface area contributed by atoms with Crippen molar-refractivity contribution in [3.05, 3.63) is 42.3 Å². The molecule has 6 heteroatoms. The van der Waals surface area contributed by atoms with Crippen LogP contribution in [-0.2, 0) is 4.79 Å². The monoisotopic (exact) mass is 227 g/mol. The van der Waals surface area contributed by atoms with Crippen molar-refractivity contribution in [3.63, 3.8) is 0 Å². The van der Waals surface area contributed by atoms with Crippen molar-refractivity contribution in [1.82, 2.24) is 10.9 Å². The summed E-state index contributed by atoms with van der Waals surface area (Å²) in [5.74, 6) is -2.23. The molecule has 1 radical (unpaired) electrons. The van der Waals surface area contributed by atoms with Crippen molar-refractivity contribution in [3.8, 4) is 0 Å². The van der Waals surface area contributed by atoms with Crippen LogP contribution in [-0.4, -0.2) is 18.2 Å². The van der Waals surface area contributed by atoms with E-state index in [9.17, 15) is 18.4 Å². The average molecular weight is 227 g/mol. The highest BCUT2D eigenvalue weighted by Crippen LogP contribution is 2.02. The number of carbonyl (C=O) groups excluding carboxylic acids is 2. The fraction of sp³-hybridized carbons (Fsp3) is 0.100. The van der Waals surface area contributed by atoms with E-state index in [0.717, 1.165) is 0 Å². The zero-order chi connectivity index (χ0) is 12.1. The second-order valence-corrected chi connectivity index (χ2v) is 2.94. The topological polar surface area (TPSA) is 58.2 Å². The Hall–Kier alpha value is -1.98. The van der Waals surface area contributed by atoms with Gasteiger partial charge in [0.05, 0.1) is 0 Å². The Morgan fingerprint density at radius 1 is 1.12 bits per heavy atom. The van der Waals surface area contributed by atoms with Crippen LogP contribution in [0.3, 0.4) is 0 Å². The molecule has 0 fully saturated rings. The third-order valence-electron chi connectivity index (χ3n) is 1.71. The first-order valence-corrected chi connectivity index (χ1v) is 4.31. The minimum atomic E-state index is -3.16. The summed E-state index contributed by atoms with van der Waals surface area (Å²) < 4.78 is 23.5. The van der Waals surface area contributed by atoms with Crippen molar-refractivity contribution in [1.29, 1.82) is 0 Å². The molecule has 0 unspecified atom stereocenters. The Labute approximate surface area is 90.6 Å². The Morgan fingerprint density at radius 2 is 1.69 bits per heavy atom. The van der Waals surface area contributed by atoms with Crippen LogP contribution in [0, 0.1) is 6.92 Å². The van der Waals surface area contributed by atoms with Crippen molar-refractivity contribution in [2.45, 2.75) is 6.43 Å². The molecule has 0 spiro atoms. The standard InChI is InChI=1S/C10H9F2N2O2/c1-6-2-4-7(5-3-6)9(15)13-14-10(16)8(11)12/h2-5,8H,1H2,(H,13,15)(H,14,16). The number of hydrazine groups is 1. The Balaban J connectivity index is 2.53. The van der Waals surface area contributed by atoms with E-state index in [1.165, 1.54) is 12.1 Å². The zero-order valence-electron chi connectivity index (χ0n) is 8.17. The first-order chi connectivity index (χ1) is 7.50. The van der Waals surface area contributed by atoms with E-state index in [0.29, 0.717) is 5.56 Å². The fourth-order valence-corrected chi connectivity index (χ4v) is 0.901. The van der Waals surface area contributed by atoms with Gasteiger partial charge in [-0.05, 0) is 24.6 Å². The Kier molecular flexibility index (Phi) is 3.93. The molecule has 0 aliphatic heterocycles. The smallest absolute Gasteiger partial charge is 0.267 e. The summed E-state index contributed by atoms with van der Waals surface area (Å²) >= 11 is 0. The molecule has 85 valence electrons. The molecule has 0 saturated carbocycles. The van der Waals surface area contributed by atoms with E-state index < -0.39 is 18.2 Å². The van der Waals surface area contributed by atoms with Crippen LogP contribution < -0.4 is 10.9 Å². The molecule has 2 N–H and O–H groups in total. The van der Waals surface area contributed by atoms with Crippen molar-refractivity contribution < 1.29 is 18.4 Å². The number of rotatable bonds is 2. The summed E-state index contributed by atoms with van der Waals surface area (Å²) in [5, 5.41) is 0. The number of carbonyl (C=O) groups is 2. The molecular formula is C10H9F2N2O2. The number of hydrogen-bond donors (Lipinski definition) is 2. The van der Waals surface area contributed by atoms with Crippen LogP contribution >= 0.6 is 0 Å². The molecule has 2 amide bonds. The lowest BCUT2D eigenvalue weighted by atomic mass is 10.1. The molecule has 4 nitrogen and oxygen atoms in total. The summed E-state index contributed by atoms with van der Waals surface area (Å²) in [4.78, 5) is 21.7. The van der Waals surface area contributed by atoms with Gasteiger partial charge in [0, 0.05) is 5.56 Å². The number of halogens is 2. The quantitative estimate of drug-likeness (QED) is 0.737. The molecule has 0 aliphatic rings. The maximum atomic E-state index is 11.8. The number of alkyl halides is 2. The summed E-state index contributed by atoms with van der Waals surface area (Å²) in [6.45, 7) is 3.62. The third-order valence-corrected chi connectivity index (χ3v) is 1.71. The maximum absolute atomic E-state index is 11.8. The normalized spacial score (nSPS) is 10.0. The molecule has 16 heavy (non-hydrogen) atoms. The lowest BCUT2D eigenvalue weighted by molar-refractivity contribution is -0.132. The number of amides is 2. The van der Waals surface area contributed by atoms with Crippen LogP contribution in [0.2, 0.25) is 0 Å². The summed E-state index contributed by atoms with van der Waals surface area (Å²) in [5.41, 5.74) is 4.41. The first kappa shape index (κ1) is 12.1. The van der Waals surface area contributed by atoms with Gasteiger partial charge in [-0.25, -0.2) is 0 Å². The third kappa shape index (κ3) is 3.30. The van der Waals surface area contributed by atoms with Gasteiger partial charge in [-0.15, -0.1) is 0 Å². The number of nitrogens with one attached hydrogen (secondary N) is 2. The van der Waals surface area contributed by atoms with E-state index in [2.05, 4.69) is 6.92 Å². The van der Waals surface area contributed by atoms with Gasteiger partial charge >= 0.3 is 12.3 Å². The number of hydrogen-bond acceptors (Lipinski definition) is 2. The van der Waals surface area contributed by atoms with Crippen LogP contribution in [0.1, 0.15) is 15.9 Å². The summed E-state index contributed by atoms with van der Waals surface area (Å²) in [7, 11) is 0. The van der Waals surface area contributed by atoms with Crippen LogP contribution in [0.4, 0.5) is 8.78 Å². The maximum Gasteiger partial charge on any atom is 0.317 e. The lowest BCUT2D eigenvalue weighted by Gasteiger charge is -2.06. The minimum Gasteiger partial charge on any atom is -0.267 e. The summed E-state index contributed by atoms with van der Waals surface area (Å²) in [6.07, 6.45) is -3.16. The highest BCUT2D eigenvalue weighted by molar-refractivity contribution is 5.95. The van der Waals surface area contributed by atoms with Crippen molar-refractivity contribution >= 4 is 11.8 Å². The van der Waals surface area contributed by atoms with Gasteiger partial charge in [-0.2, -0.15) is 8.78 Å². The zero-order valence-corrected chi connectivity index (χ0v) is 8.17. The predicted octanol–water partition coefficient (Wildman–Crippen LogP) is 0.895. The van der Waals surface area contributed by atoms with Gasteiger partial charge in [0.2, 0.25) is 0 Å². The second kappa shape index (κ2) is 5.20. The van der Waals surface area contributed by atoms with Crippen LogP contribution in [0.15, 0.2) is 24.3 Å². The Morgan fingerprint density at radius 3 is 2.19 bits per heavy atom. The van der Waals surface area contributed by atoms with E-state index in [4.69, 9.17) is 0 Å². The molecular weight excluding hydrogens is 218 g/mol. The Bertz CT molecular complexity index is 390. The number of benzene rings is 1. The molecule has 0 atom stereocenters. The fourth-order valence-electron chi connectivity index (χ4n) is 0.901. The van der Waals surface area contributed by atoms with E-state index in [-0.39, 0.29) is 5.56 Å². The van der Waals surface area contributed by atoms with Gasteiger partial charge in [-0.3, -0.25) is 20.4 Å². The molecule has 0 aromatic heterocycles. The molecule has 0 bridgehead atoms. The molecule has 1 rings (SSSR count). The predicted molar refractivity (Wildman–Crippen MR) is 52.5 cm³/mol. The van der Waals surface area contributed by atoms with E-state index >= 15 is 0 Å². The largest absolute Gasteiger partial charge is 0.317 e. The van der Waals surface area contributed by atoms with Gasteiger partial charge in [0.1, 0.15) is 0 Å². The highest BCUT2D eigenvalue weighted by Gasteiger charge is 2.15. The van der Waals surface area contributed by atoms with E-state index in [1.807, 2.05) is 5.43 Å². The van der Waals surface area contributed by atoms with Crippen molar-refractivity contribution in [2.24, 2.45) is 0 Å². The van der Waals surface area contributed by atoms with E-state index in [1.54, 1.807) is 17.6 Å². The molecule has 0 heterocycles. The first-order valence-electron chi connectivity index (χ1n) is 4.31. The molecule has 0 saturated heterocycles. The highest BCUT2D eigenvalue weighted by atomic mass is 19.3. The summed E-state index contributed by atoms with van der Waals surface area (Å²) in [6, 6.07) is 6.10. The van der Waals surface area contributed by atoms with Gasteiger partial charge in [0.15, 0.2) is 0 Å². The van der Waals surface area contributed by atoms with Gasteiger partial charge in [0.25, 0.3) is 5.91 Å². The second-order valence-electron chi connectivity index (χ2n) is 2.94. The van der Waals surface area contributed by atoms with Crippen LogP contribution in [0.25, 0.3) is 0 Å². The minimum absolute atomic E-state index is 0.238. The SMILES string of the molecule is [CH2]c1ccc(C(=O)NNC(=O)C(F)F)cc1. The average Bonchev–Trinajstić information content (AvgIpc) is 2.26.